The van der Waals surface area contributed by atoms with E-state index in [1.807, 2.05) is 24.3 Å². The van der Waals surface area contributed by atoms with Crippen LogP contribution in [0.4, 0.5) is 0 Å². The molecule has 86 valence electrons. The molecule has 1 aliphatic rings. The highest BCUT2D eigenvalue weighted by molar-refractivity contribution is 6.36. The topological polar surface area (TPSA) is 17.1 Å². The molecule has 17 heavy (non-hydrogen) atoms. The molecular formula is C15H13ClO. The smallest absolute Gasteiger partial charge is 0.164 e. The molecule has 1 nitrogen and oxygen atoms in total. The summed E-state index contributed by atoms with van der Waals surface area (Å²) in [5, 5.41) is 2.83. The summed E-state index contributed by atoms with van der Waals surface area (Å²) in [6.07, 6.45) is 0.576. The minimum absolute atomic E-state index is 0.0867. The van der Waals surface area contributed by atoms with Gasteiger partial charge in [-0.05, 0) is 22.4 Å². The first-order valence-electron chi connectivity index (χ1n) is 5.75. The number of carbonyl (C=O) groups is 1. The van der Waals surface area contributed by atoms with Crippen molar-refractivity contribution in [1.29, 1.82) is 0 Å². The van der Waals surface area contributed by atoms with Crippen molar-refractivity contribution in [2.45, 2.75) is 25.7 Å². The highest BCUT2D eigenvalue weighted by Crippen LogP contribution is 2.44. The first-order valence-corrected chi connectivity index (χ1v) is 6.13. The second-order valence-corrected chi connectivity index (χ2v) is 5.72. The molecule has 1 aliphatic carbocycles. The van der Waals surface area contributed by atoms with E-state index in [2.05, 4.69) is 19.9 Å². The van der Waals surface area contributed by atoms with E-state index in [1.54, 1.807) is 0 Å². The number of fused-ring (bicyclic) bond motifs is 3. The second kappa shape index (κ2) is 3.33. The lowest BCUT2D eigenvalue weighted by atomic mass is 9.83. The fourth-order valence-electron chi connectivity index (χ4n) is 2.87. The van der Waals surface area contributed by atoms with E-state index < -0.39 is 0 Å². The van der Waals surface area contributed by atoms with Gasteiger partial charge in [-0.1, -0.05) is 49.7 Å². The predicted molar refractivity (Wildman–Crippen MR) is 70.9 cm³/mol. The van der Waals surface area contributed by atoms with E-state index in [0.29, 0.717) is 11.4 Å². The van der Waals surface area contributed by atoms with E-state index in [0.717, 1.165) is 21.9 Å². The minimum atomic E-state index is -0.0867. The zero-order valence-electron chi connectivity index (χ0n) is 9.88. The molecule has 2 aromatic rings. The summed E-state index contributed by atoms with van der Waals surface area (Å²) in [6, 6.07) is 9.87. The molecule has 0 saturated carbocycles. The molecule has 2 heteroatoms. The maximum atomic E-state index is 12.0. The number of hydrogen-bond donors (Lipinski definition) is 0. The van der Waals surface area contributed by atoms with Gasteiger partial charge in [-0.25, -0.2) is 0 Å². The van der Waals surface area contributed by atoms with Crippen molar-refractivity contribution in [3.05, 3.63) is 46.5 Å². The molecule has 0 spiro atoms. The van der Waals surface area contributed by atoms with Crippen molar-refractivity contribution in [3.63, 3.8) is 0 Å². The van der Waals surface area contributed by atoms with Gasteiger partial charge in [0.05, 0.1) is 0 Å². The third-order valence-electron chi connectivity index (χ3n) is 3.57. The third-order valence-corrected chi connectivity index (χ3v) is 3.89. The van der Waals surface area contributed by atoms with Crippen LogP contribution in [0.3, 0.4) is 0 Å². The lowest BCUT2D eigenvalue weighted by Gasteiger charge is -2.20. The average molecular weight is 245 g/mol. The van der Waals surface area contributed by atoms with Crippen LogP contribution < -0.4 is 0 Å². The molecule has 0 aromatic heterocycles. The molecule has 0 unspecified atom stereocenters. The molecule has 3 rings (SSSR count). The Balaban J connectivity index is 2.51. The first-order chi connectivity index (χ1) is 8.00. The highest BCUT2D eigenvalue weighted by Gasteiger charge is 2.37. The first kappa shape index (κ1) is 10.8. The standard InChI is InChI=1S/C15H13ClO/c1-15(2)8-13(17)11-7-12(16)9-5-3-4-6-10(9)14(11)15/h3-7H,8H2,1-2H3. The Morgan fingerprint density at radius 3 is 2.53 bits per heavy atom. The molecule has 0 amide bonds. The van der Waals surface area contributed by atoms with E-state index >= 15 is 0 Å². The highest BCUT2D eigenvalue weighted by atomic mass is 35.5. The monoisotopic (exact) mass is 244 g/mol. The van der Waals surface area contributed by atoms with Crippen LogP contribution in [0.25, 0.3) is 10.8 Å². The third kappa shape index (κ3) is 1.42. The van der Waals surface area contributed by atoms with Crippen molar-refractivity contribution in [1.82, 2.24) is 0 Å². The molecule has 0 radical (unpaired) electrons. The quantitative estimate of drug-likeness (QED) is 0.673. The average Bonchev–Trinajstić information content (AvgIpc) is 2.49. The summed E-state index contributed by atoms with van der Waals surface area (Å²) < 4.78 is 0. The molecule has 0 heterocycles. The van der Waals surface area contributed by atoms with E-state index in [1.165, 1.54) is 0 Å². The van der Waals surface area contributed by atoms with E-state index in [-0.39, 0.29) is 11.2 Å². The molecule has 2 aromatic carbocycles. The number of ketones is 1. The number of benzene rings is 2. The normalized spacial score (nSPS) is 17.5. The fourth-order valence-corrected chi connectivity index (χ4v) is 3.14. The van der Waals surface area contributed by atoms with Crippen molar-refractivity contribution >= 4 is 28.2 Å². The summed E-state index contributed by atoms with van der Waals surface area (Å²) in [5.74, 6) is 0.206. The number of halogens is 1. The molecule has 0 bridgehead atoms. The minimum Gasteiger partial charge on any atom is -0.294 e. The Kier molecular flexibility index (Phi) is 2.11. The van der Waals surface area contributed by atoms with Crippen molar-refractivity contribution in [2.24, 2.45) is 0 Å². The van der Waals surface area contributed by atoms with Crippen LogP contribution in [0.5, 0.6) is 0 Å². The molecule has 0 fully saturated rings. The zero-order valence-corrected chi connectivity index (χ0v) is 10.6. The van der Waals surface area contributed by atoms with Gasteiger partial charge in [-0.3, -0.25) is 4.79 Å². The molecule has 0 atom stereocenters. The number of hydrogen-bond acceptors (Lipinski definition) is 1. The Labute approximate surface area is 105 Å². The largest absolute Gasteiger partial charge is 0.294 e. The number of rotatable bonds is 0. The van der Waals surface area contributed by atoms with Crippen LogP contribution in [0.1, 0.15) is 36.2 Å². The SMILES string of the molecule is CC1(C)CC(=O)c2cc(Cl)c3ccccc3c21. The Hall–Kier alpha value is -1.34. The lowest BCUT2D eigenvalue weighted by molar-refractivity contribution is 0.0979. The Bertz CT molecular complexity index is 641. The van der Waals surface area contributed by atoms with Crippen molar-refractivity contribution < 1.29 is 4.79 Å². The van der Waals surface area contributed by atoms with Crippen molar-refractivity contribution in [3.8, 4) is 0 Å². The zero-order chi connectivity index (χ0) is 12.2. The van der Waals surface area contributed by atoms with E-state index in [9.17, 15) is 4.79 Å². The second-order valence-electron chi connectivity index (χ2n) is 5.31. The summed E-state index contributed by atoms with van der Waals surface area (Å²) in [6.45, 7) is 4.24. The van der Waals surface area contributed by atoms with Crippen LogP contribution in [0.2, 0.25) is 5.02 Å². The summed E-state index contributed by atoms with van der Waals surface area (Å²) in [4.78, 5) is 12.0. The van der Waals surface area contributed by atoms with Gasteiger partial charge < -0.3 is 0 Å². The fraction of sp³-hybridized carbons (Fsp3) is 0.267. The summed E-state index contributed by atoms with van der Waals surface area (Å²) in [7, 11) is 0. The molecule has 0 saturated heterocycles. The van der Waals surface area contributed by atoms with Crippen LogP contribution in [0.15, 0.2) is 30.3 Å². The van der Waals surface area contributed by atoms with Crippen LogP contribution in [-0.4, -0.2) is 5.78 Å². The van der Waals surface area contributed by atoms with Crippen LogP contribution in [0, 0.1) is 0 Å². The van der Waals surface area contributed by atoms with Gasteiger partial charge in [-0.2, -0.15) is 0 Å². The van der Waals surface area contributed by atoms with Crippen LogP contribution >= 0.6 is 11.6 Å². The van der Waals surface area contributed by atoms with Gasteiger partial charge in [0, 0.05) is 22.4 Å². The molecular weight excluding hydrogens is 232 g/mol. The van der Waals surface area contributed by atoms with Gasteiger partial charge >= 0.3 is 0 Å². The van der Waals surface area contributed by atoms with E-state index in [4.69, 9.17) is 11.6 Å². The van der Waals surface area contributed by atoms with Crippen LogP contribution in [-0.2, 0) is 5.41 Å². The predicted octanol–water partition coefficient (Wildman–Crippen LogP) is 4.36. The summed E-state index contributed by atoms with van der Waals surface area (Å²) in [5.41, 5.74) is 1.87. The Morgan fingerprint density at radius 2 is 1.82 bits per heavy atom. The van der Waals surface area contributed by atoms with Gasteiger partial charge in [0.15, 0.2) is 5.78 Å². The molecule has 0 aliphatic heterocycles. The Morgan fingerprint density at radius 1 is 1.18 bits per heavy atom. The van der Waals surface area contributed by atoms with Crippen molar-refractivity contribution in [2.75, 3.05) is 0 Å². The maximum Gasteiger partial charge on any atom is 0.164 e. The lowest BCUT2D eigenvalue weighted by Crippen LogP contribution is -2.13. The van der Waals surface area contributed by atoms with Gasteiger partial charge in [0.2, 0.25) is 0 Å². The van der Waals surface area contributed by atoms with Gasteiger partial charge in [0.1, 0.15) is 0 Å². The van der Waals surface area contributed by atoms with Gasteiger partial charge in [0.25, 0.3) is 0 Å². The maximum absolute atomic E-state index is 12.0. The number of Topliss-reactive ketones (excluding diaryl/α,β-unsaturated/α-hetero) is 1. The summed E-state index contributed by atoms with van der Waals surface area (Å²) >= 11 is 6.25. The number of carbonyl (C=O) groups excluding carboxylic acids is 1. The molecule has 0 N–H and O–H groups in total. The van der Waals surface area contributed by atoms with Gasteiger partial charge in [-0.15, -0.1) is 0 Å².